The lowest BCUT2D eigenvalue weighted by molar-refractivity contribution is -0.220. The van der Waals surface area contributed by atoms with E-state index in [2.05, 4.69) is 160 Å². The Kier molecular flexibility index (Phi) is 45.0. The summed E-state index contributed by atoms with van der Waals surface area (Å²) in [4.78, 5) is 23.3. The minimum atomic E-state index is -5.06. The fraction of sp³-hybridized carbons (Fsp3) is 0.590. The van der Waals surface area contributed by atoms with Gasteiger partial charge >= 0.3 is 13.8 Å². The maximum absolute atomic E-state index is 12.9. The SMILES string of the molecule is CC/C=C\C/C=C\C/C=C\C/C=C\C/C=C\C/C=C\C/C=C\CCCCOCC(COP(=O)(O)OC1C(O)C(O)C(O)C(O)C1O)OC(=O)CCCCCCCCC/C=C\C/C=C\C/C=C\C/C=C\C/C=C\CC. The highest BCUT2D eigenvalue weighted by Crippen LogP contribution is 2.47. The normalized spacial score (nSPS) is 21.6. The average molecular weight is 1050 g/mol. The molecule has 0 bridgehead atoms. The van der Waals surface area contributed by atoms with Crippen molar-refractivity contribution in [1.29, 1.82) is 0 Å². The van der Waals surface area contributed by atoms with E-state index >= 15 is 0 Å². The number of ether oxygens (including phenoxy) is 2. The molecule has 13 heteroatoms. The predicted molar refractivity (Wildman–Crippen MR) is 303 cm³/mol. The minimum absolute atomic E-state index is 0.123. The Balaban J connectivity index is 2.38. The monoisotopic (exact) mass is 1050 g/mol. The summed E-state index contributed by atoms with van der Waals surface area (Å²) in [6.07, 6.45) is 61.9. The van der Waals surface area contributed by atoms with Crippen LogP contribution in [0.1, 0.15) is 168 Å². The quantitative estimate of drug-likeness (QED) is 0.0147. The van der Waals surface area contributed by atoms with Gasteiger partial charge in [-0.1, -0.05) is 192 Å². The first-order valence-corrected chi connectivity index (χ1v) is 29.2. The second-order valence-electron chi connectivity index (χ2n) is 18.3. The maximum Gasteiger partial charge on any atom is 0.472 e. The number of aliphatic hydroxyl groups excluding tert-OH is 5. The van der Waals surface area contributed by atoms with Gasteiger partial charge in [0.1, 0.15) is 42.7 Å². The van der Waals surface area contributed by atoms with Crippen LogP contribution in [0.4, 0.5) is 0 Å². The van der Waals surface area contributed by atoms with Gasteiger partial charge in [-0.15, -0.1) is 0 Å². The molecule has 1 saturated carbocycles. The second kappa shape index (κ2) is 48.8. The van der Waals surface area contributed by atoms with Gasteiger partial charge < -0.3 is 39.9 Å². The molecule has 0 aromatic heterocycles. The Morgan fingerprint density at radius 1 is 0.432 bits per heavy atom. The van der Waals surface area contributed by atoms with Gasteiger partial charge in [-0.3, -0.25) is 13.8 Å². The van der Waals surface area contributed by atoms with E-state index in [0.717, 1.165) is 141 Å². The molecule has 0 saturated heterocycles. The van der Waals surface area contributed by atoms with Gasteiger partial charge in [-0.25, -0.2) is 4.57 Å². The summed E-state index contributed by atoms with van der Waals surface area (Å²) >= 11 is 0. The Labute approximate surface area is 446 Å². The van der Waals surface area contributed by atoms with Gasteiger partial charge in [0.05, 0.1) is 13.2 Å². The molecule has 418 valence electrons. The minimum Gasteiger partial charge on any atom is -0.457 e. The summed E-state index contributed by atoms with van der Waals surface area (Å²) in [5.74, 6) is -0.511. The van der Waals surface area contributed by atoms with Gasteiger partial charge in [0, 0.05) is 13.0 Å². The maximum atomic E-state index is 12.9. The van der Waals surface area contributed by atoms with Crippen molar-refractivity contribution in [3.63, 3.8) is 0 Å². The van der Waals surface area contributed by atoms with Gasteiger partial charge in [0.2, 0.25) is 0 Å². The van der Waals surface area contributed by atoms with E-state index in [1.54, 1.807) is 0 Å². The molecule has 1 fully saturated rings. The number of carbonyl (C=O) groups excluding carboxylic acids is 1. The van der Waals surface area contributed by atoms with Crippen LogP contribution >= 0.6 is 7.82 Å². The smallest absolute Gasteiger partial charge is 0.457 e. The molecule has 1 rings (SSSR count). The van der Waals surface area contributed by atoms with Crippen molar-refractivity contribution >= 4 is 13.8 Å². The van der Waals surface area contributed by atoms with E-state index in [-0.39, 0.29) is 13.0 Å². The second-order valence-corrected chi connectivity index (χ2v) is 19.7. The molecular weight excluding hydrogens is 956 g/mol. The molecule has 12 nitrogen and oxygen atoms in total. The van der Waals surface area contributed by atoms with Crippen LogP contribution in [0, 0.1) is 0 Å². The van der Waals surface area contributed by atoms with Crippen LogP contribution in [0.15, 0.2) is 146 Å². The van der Waals surface area contributed by atoms with Crippen LogP contribution in [-0.4, -0.2) is 98.9 Å². The Morgan fingerprint density at radius 3 is 1.15 bits per heavy atom. The molecule has 74 heavy (non-hydrogen) atoms. The number of aliphatic hydroxyl groups is 5. The average Bonchev–Trinajstić information content (AvgIpc) is 3.39. The molecule has 6 N–H and O–H groups in total. The number of hydrogen-bond donors (Lipinski definition) is 6. The first-order valence-electron chi connectivity index (χ1n) is 27.7. The zero-order valence-electron chi connectivity index (χ0n) is 45.1. The highest BCUT2D eigenvalue weighted by Gasteiger charge is 2.51. The highest BCUT2D eigenvalue weighted by molar-refractivity contribution is 7.47. The molecule has 6 unspecified atom stereocenters. The van der Waals surface area contributed by atoms with E-state index < -0.39 is 63.1 Å². The predicted octanol–water partition coefficient (Wildman–Crippen LogP) is 13.3. The zero-order chi connectivity index (χ0) is 54.0. The fourth-order valence-corrected chi connectivity index (χ4v) is 8.39. The van der Waals surface area contributed by atoms with E-state index in [1.807, 2.05) is 0 Å². The lowest BCUT2D eigenvalue weighted by Crippen LogP contribution is -2.64. The molecule has 1 aliphatic rings. The van der Waals surface area contributed by atoms with Crippen LogP contribution in [-0.2, 0) is 27.9 Å². The lowest BCUT2D eigenvalue weighted by Gasteiger charge is -2.41. The van der Waals surface area contributed by atoms with Crippen molar-refractivity contribution in [2.45, 2.75) is 211 Å². The Hall–Kier alpha value is -3.78. The van der Waals surface area contributed by atoms with Crippen molar-refractivity contribution < 1.29 is 58.3 Å². The summed E-state index contributed by atoms with van der Waals surface area (Å²) in [5.41, 5.74) is 0. The standard InChI is InChI=1S/C61H97O12P/c1-3-5-7-9-11-13-15-17-19-21-23-25-27-29-31-33-35-37-39-41-43-45-47-49-51-70-52-54(53-71-74(68,69)73-61-59(66)57(64)56(63)58(65)60(61)67)72-55(62)50-48-46-44-42-40-38-36-34-32-30-28-26-24-22-20-18-16-14-12-10-8-6-4-2/h5-8,11-14,17-20,23-26,29-32,35,37,41,43,54,56-61,63-67H,3-4,9-10,15-16,21-22,27-28,33-34,36,38-40,42,44-53H2,1-2H3,(H,68,69)/b7-5-,8-6-,13-11-,14-12-,19-17-,20-18-,25-23-,26-24-,31-29-,32-30-,37-35-,43-41-. The number of carbonyl (C=O) groups is 1. The molecule has 0 heterocycles. The summed E-state index contributed by atoms with van der Waals surface area (Å²) < 4.78 is 34.3. The first-order chi connectivity index (χ1) is 36.0. The van der Waals surface area contributed by atoms with Gasteiger partial charge in [0.25, 0.3) is 0 Å². The van der Waals surface area contributed by atoms with Gasteiger partial charge in [-0.05, 0) is 116 Å². The summed E-state index contributed by atoms with van der Waals surface area (Å²) in [6, 6.07) is 0. The number of phosphoric acid groups is 1. The molecule has 0 aromatic carbocycles. The molecule has 0 amide bonds. The van der Waals surface area contributed by atoms with E-state index in [1.165, 1.54) is 0 Å². The van der Waals surface area contributed by atoms with Crippen molar-refractivity contribution in [3.8, 4) is 0 Å². The Morgan fingerprint density at radius 2 is 0.757 bits per heavy atom. The molecule has 0 spiro atoms. The Bertz CT molecular complexity index is 1770. The van der Waals surface area contributed by atoms with Crippen LogP contribution in [0.2, 0.25) is 0 Å². The largest absolute Gasteiger partial charge is 0.472 e. The molecule has 1 aliphatic carbocycles. The third-order valence-electron chi connectivity index (χ3n) is 11.7. The first kappa shape index (κ1) is 68.2. The van der Waals surface area contributed by atoms with Gasteiger partial charge in [-0.2, -0.15) is 0 Å². The zero-order valence-corrected chi connectivity index (χ0v) is 46.0. The number of unbranched alkanes of at least 4 members (excludes halogenated alkanes) is 9. The molecule has 0 aliphatic heterocycles. The highest BCUT2D eigenvalue weighted by atomic mass is 31.2. The van der Waals surface area contributed by atoms with E-state index in [0.29, 0.717) is 13.0 Å². The van der Waals surface area contributed by atoms with E-state index in [9.17, 15) is 39.8 Å². The van der Waals surface area contributed by atoms with Crippen molar-refractivity contribution in [1.82, 2.24) is 0 Å². The van der Waals surface area contributed by atoms with Crippen LogP contribution in [0.5, 0.6) is 0 Å². The lowest BCUT2D eigenvalue weighted by atomic mass is 9.85. The number of hydrogen-bond acceptors (Lipinski definition) is 11. The van der Waals surface area contributed by atoms with Crippen LogP contribution < -0.4 is 0 Å². The summed E-state index contributed by atoms with van der Waals surface area (Å²) in [7, 11) is -5.06. The van der Waals surface area contributed by atoms with Crippen molar-refractivity contribution in [2.24, 2.45) is 0 Å². The third-order valence-corrected chi connectivity index (χ3v) is 12.7. The van der Waals surface area contributed by atoms with Gasteiger partial charge in [0.15, 0.2) is 0 Å². The molecule has 0 aromatic rings. The number of rotatable bonds is 45. The van der Waals surface area contributed by atoms with E-state index in [4.69, 9.17) is 18.5 Å². The molecular formula is C61H97O12P. The van der Waals surface area contributed by atoms with Crippen LogP contribution in [0.3, 0.4) is 0 Å². The fourth-order valence-electron chi connectivity index (χ4n) is 7.42. The summed E-state index contributed by atoms with van der Waals surface area (Å²) in [5, 5.41) is 50.4. The summed E-state index contributed by atoms with van der Waals surface area (Å²) in [6.45, 7) is 3.90. The van der Waals surface area contributed by atoms with Crippen molar-refractivity contribution in [3.05, 3.63) is 146 Å². The third kappa shape index (κ3) is 39.6. The molecule has 0 radical (unpaired) electrons. The number of phosphoric ester groups is 1. The molecule has 6 atom stereocenters. The topological polar surface area (TPSA) is 192 Å². The van der Waals surface area contributed by atoms with Crippen molar-refractivity contribution in [2.75, 3.05) is 19.8 Å². The number of allylic oxidation sites excluding steroid dienone is 24. The number of esters is 1. The van der Waals surface area contributed by atoms with Crippen LogP contribution in [0.25, 0.3) is 0 Å².